The Bertz CT molecular complexity index is 98.1. The smallest absolute Gasteiger partial charge is 1.00 e. The van der Waals surface area contributed by atoms with Crippen LogP contribution in [0, 0.1) is 0 Å². The molecule has 0 aliphatic heterocycles. The zero-order valence-corrected chi connectivity index (χ0v) is 10.5. The molecule has 7 heteroatoms. The zero-order valence-electron chi connectivity index (χ0n) is 7.61. The van der Waals surface area contributed by atoms with Crippen LogP contribution >= 0.6 is 7.60 Å². The van der Waals surface area contributed by atoms with Crippen LogP contribution < -0.4 is 59.1 Å². The molecule has 0 radical (unpaired) electrons. The van der Waals surface area contributed by atoms with Crippen LogP contribution in [0.3, 0.4) is 0 Å². The summed E-state index contributed by atoms with van der Waals surface area (Å²) in [6.07, 6.45) is -0.438. The van der Waals surface area contributed by atoms with Gasteiger partial charge in [0.25, 0.3) is 0 Å². The average Bonchev–Trinajstić information content (AvgIpc) is 1.30. The first kappa shape index (κ1) is 17.3. The van der Waals surface area contributed by atoms with Gasteiger partial charge in [-0.2, -0.15) is 0 Å². The molecule has 0 unspecified atom stereocenters. The summed E-state index contributed by atoms with van der Waals surface area (Å²) < 4.78 is 9.77. The van der Waals surface area contributed by atoms with Crippen LogP contribution in [0.2, 0.25) is 0 Å². The summed E-state index contributed by atoms with van der Waals surface area (Å²) in [6.45, 7) is -0.454. The minimum atomic E-state index is -3.92. The quantitative estimate of drug-likeness (QED) is 0.287. The minimum absolute atomic E-state index is 0. The van der Waals surface area contributed by atoms with E-state index in [0.29, 0.717) is 0 Å². The monoisotopic (exact) mass is 174 g/mol. The molecular weight excluding hydrogens is 165 g/mol. The molecule has 0 saturated carbocycles. The van der Waals surface area contributed by atoms with Crippen molar-refractivity contribution in [2.45, 2.75) is 0 Å². The van der Waals surface area contributed by atoms with E-state index in [4.69, 9.17) is 14.9 Å². The van der Waals surface area contributed by atoms with E-state index < -0.39 is 20.4 Å². The second-order valence-electron chi connectivity index (χ2n) is 1.11. The summed E-state index contributed by atoms with van der Waals surface area (Å²) >= 11 is 0. The van der Waals surface area contributed by atoms with E-state index in [0.717, 1.165) is 0 Å². The van der Waals surface area contributed by atoms with Crippen molar-refractivity contribution in [3.63, 3.8) is 0 Å². The maximum atomic E-state index is 9.77. The first-order valence-corrected chi connectivity index (χ1v) is 3.51. The Morgan fingerprint density at radius 2 is 1.67 bits per heavy atom. The SMILES string of the molecule is O=P(O)(O)CCO.[H-].[H-].[Na+].[Na+]. The van der Waals surface area contributed by atoms with Gasteiger partial charge >= 0.3 is 66.7 Å². The number of hydrogen-bond donors (Lipinski definition) is 3. The van der Waals surface area contributed by atoms with Gasteiger partial charge in [0, 0.05) is 0 Å². The zero-order chi connectivity index (χ0) is 5.91. The van der Waals surface area contributed by atoms with E-state index in [2.05, 4.69) is 0 Å². The molecule has 48 valence electrons. The van der Waals surface area contributed by atoms with E-state index in [9.17, 15) is 4.57 Å². The molecule has 0 fully saturated rings. The second kappa shape index (κ2) is 8.21. The van der Waals surface area contributed by atoms with Gasteiger partial charge in [-0.1, -0.05) is 0 Å². The molecule has 0 saturated heterocycles. The summed E-state index contributed by atoms with van der Waals surface area (Å²) in [7, 11) is -3.92. The molecule has 9 heavy (non-hydrogen) atoms. The molecule has 0 aromatic rings. The van der Waals surface area contributed by atoms with Crippen molar-refractivity contribution in [3.8, 4) is 0 Å². The molecular formula is C2H9Na2O4P. The summed E-state index contributed by atoms with van der Waals surface area (Å²) in [6, 6.07) is 0. The third kappa shape index (κ3) is 17.8. The first-order valence-electron chi connectivity index (χ1n) is 1.72. The molecule has 0 amide bonds. The van der Waals surface area contributed by atoms with Gasteiger partial charge in [-0.05, 0) is 0 Å². The molecule has 0 bridgehead atoms. The van der Waals surface area contributed by atoms with Crippen molar-refractivity contribution >= 4 is 7.60 Å². The van der Waals surface area contributed by atoms with E-state index in [1.54, 1.807) is 0 Å². The van der Waals surface area contributed by atoms with Crippen molar-refractivity contribution in [1.29, 1.82) is 0 Å². The number of hydrogen-bond acceptors (Lipinski definition) is 2. The van der Waals surface area contributed by atoms with Gasteiger partial charge in [0.15, 0.2) is 0 Å². The molecule has 0 aromatic heterocycles. The van der Waals surface area contributed by atoms with Gasteiger partial charge in [-0.15, -0.1) is 0 Å². The van der Waals surface area contributed by atoms with Crippen molar-refractivity contribution in [2.24, 2.45) is 0 Å². The fourth-order valence-corrected chi connectivity index (χ4v) is 0.391. The maximum absolute atomic E-state index is 9.77. The van der Waals surface area contributed by atoms with Crippen LogP contribution in [0.1, 0.15) is 2.85 Å². The molecule has 0 aliphatic carbocycles. The predicted octanol–water partition coefficient (Wildman–Crippen LogP) is -6.61. The largest absolute Gasteiger partial charge is 1.00 e. The van der Waals surface area contributed by atoms with Gasteiger partial charge in [0.2, 0.25) is 0 Å². The van der Waals surface area contributed by atoms with E-state index in [-0.39, 0.29) is 62.0 Å². The number of rotatable bonds is 2. The van der Waals surface area contributed by atoms with Crippen LogP contribution in [0.25, 0.3) is 0 Å². The predicted molar refractivity (Wildman–Crippen MR) is 26.2 cm³/mol. The topological polar surface area (TPSA) is 77.8 Å². The van der Waals surface area contributed by atoms with Crippen LogP contribution in [-0.4, -0.2) is 27.7 Å². The fourth-order valence-electron chi connectivity index (χ4n) is 0.130. The normalized spacial score (nSPS) is 9.22. The summed E-state index contributed by atoms with van der Waals surface area (Å²) in [5, 5.41) is 7.91. The van der Waals surface area contributed by atoms with Crippen molar-refractivity contribution in [2.75, 3.05) is 12.8 Å². The van der Waals surface area contributed by atoms with Gasteiger partial charge < -0.3 is 17.7 Å². The Hall–Kier alpha value is 2.11. The first-order chi connectivity index (χ1) is 3.06. The Kier molecular flexibility index (Phi) is 15.7. The molecule has 0 aromatic carbocycles. The molecule has 0 spiro atoms. The molecule has 0 rings (SSSR count). The Labute approximate surface area is 101 Å². The summed E-state index contributed by atoms with van der Waals surface area (Å²) in [5.74, 6) is 0. The van der Waals surface area contributed by atoms with Crippen LogP contribution in [0.15, 0.2) is 0 Å². The Morgan fingerprint density at radius 1 is 1.33 bits per heavy atom. The molecule has 3 N–H and O–H groups in total. The fraction of sp³-hybridized carbons (Fsp3) is 1.00. The van der Waals surface area contributed by atoms with Crippen LogP contribution in [-0.2, 0) is 4.57 Å². The van der Waals surface area contributed by atoms with Gasteiger partial charge in [-0.25, -0.2) is 0 Å². The van der Waals surface area contributed by atoms with E-state index in [1.807, 2.05) is 0 Å². The number of aliphatic hydroxyl groups is 1. The average molecular weight is 174 g/mol. The second-order valence-corrected chi connectivity index (χ2v) is 2.89. The van der Waals surface area contributed by atoms with Crippen LogP contribution in [0.5, 0.6) is 0 Å². The van der Waals surface area contributed by atoms with Crippen molar-refractivity contribution in [1.82, 2.24) is 0 Å². The molecule has 0 heterocycles. The number of aliphatic hydroxyl groups excluding tert-OH is 1. The third-order valence-corrected chi connectivity index (χ3v) is 1.17. The van der Waals surface area contributed by atoms with Crippen LogP contribution in [0.4, 0.5) is 0 Å². The van der Waals surface area contributed by atoms with E-state index in [1.165, 1.54) is 0 Å². The van der Waals surface area contributed by atoms with Gasteiger partial charge in [0.05, 0.1) is 12.8 Å². The molecule has 4 nitrogen and oxygen atoms in total. The van der Waals surface area contributed by atoms with Gasteiger partial charge in [-0.3, -0.25) is 4.57 Å². The maximum Gasteiger partial charge on any atom is 1.00 e. The summed E-state index contributed by atoms with van der Waals surface area (Å²) in [4.78, 5) is 15.9. The third-order valence-electron chi connectivity index (χ3n) is 0.391. The van der Waals surface area contributed by atoms with Gasteiger partial charge in [0.1, 0.15) is 0 Å². The van der Waals surface area contributed by atoms with E-state index >= 15 is 0 Å². The van der Waals surface area contributed by atoms with Crippen molar-refractivity contribution < 1.29 is 81.4 Å². The summed E-state index contributed by atoms with van der Waals surface area (Å²) in [5.41, 5.74) is 0. The standard InChI is InChI=1S/C2H7O4P.2Na.2H/c3-1-2-7(4,5)6;;;;/h3H,1-2H2,(H2,4,5,6);;;;/q;2*+1;2*-1. The Balaban J connectivity index is -0.0000000300. The Morgan fingerprint density at radius 3 is 1.67 bits per heavy atom. The minimum Gasteiger partial charge on any atom is -1.00 e. The van der Waals surface area contributed by atoms with Crippen molar-refractivity contribution in [3.05, 3.63) is 0 Å². The molecule has 0 aliphatic rings. The molecule has 0 atom stereocenters.